The van der Waals surface area contributed by atoms with E-state index in [-0.39, 0.29) is 4.90 Å². The third kappa shape index (κ3) is 3.26. The topological polar surface area (TPSA) is 89.3 Å². The molecule has 0 heterocycles. The van der Waals surface area contributed by atoms with Gasteiger partial charge in [0.1, 0.15) is 4.90 Å². The van der Waals surface area contributed by atoms with Gasteiger partial charge in [-0.15, -0.1) is 0 Å². The molecule has 0 fully saturated rings. The van der Waals surface area contributed by atoms with Gasteiger partial charge in [-0.2, -0.15) is 0 Å². The van der Waals surface area contributed by atoms with Crippen molar-refractivity contribution in [3.63, 3.8) is 0 Å². The smallest absolute Gasteiger partial charge is 0.288 e. The van der Waals surface area contributed by atoms with Gasteiger partial charge in [0.15, 0.2) is 9.84 Å². The van der Waals surface area contributed by atoms with Crippen molar-refractivity contribution in [2.45, 2.75) is 23.7 Å². The summed E-state index contributed by atoms with van der Waals surface area (Å²) in [4.78, 5) is 10.1. The number of nitro benzene ring substituents is 1. The molecule has 24 heavy (non-hydrogen) atoms. The van der Waals surface area contributed by atoms with Gasteiger partial charge in [-0.3, -0.25) is 10.1 Å². The van der Waals surface area contributed by atoms with E-state index in [0.29, 0.717) is 18.2 Å². The number of hydrogen-bond donors (Lipinski definition) is 1. The zero-order valence-corrected chi connectivity index (χ0v) is 14.0. The van der Waals surface area contributed by atoms with Crippen LogP contribution in [0.3, 0.4) is 0 Å². The van der Waals surface area contributed by atoms with Crippen molar-refractivity contribution in [1.29, 1.82) is 0 Å². The molecule has 3 rings (SSSR count). The van der Waals surface area contributed by atoms with Crippen LogP contribution in [0.5, 0.6) is 0 Å². The van der Waals surface area contributed by atoms with Crippen LogP contribution in [0.4, 0.5) is 11.4 Å². The minimum absolute atomic E-state index is 0.260. The number of fused-ring (bicyclic) bond motifs is 1. The third-order valence-electron chi connectivity index (χ3n) is 4.37. The summed E-state index contributed by atoms with van der Waals surface area (Å²) < 4.78 is 23.6. The lowest BCUT2D eigenvalue weighted by Crippen LogP contribution is -2.11. The van der Waals surface area contributed by atoms with Gasteiger partial charge in [0.25, 0.3) is 5.69 Å². The molecule has 1 N–H and O–H groups in total. The van der Waals surface area contributed by atoms with Crippen LogP contribution in [0, 0.1) is 10.1 Å². The predicted molar refractivity (Wildman–Crippen MR) is 92.2 cm³/mol. The molecule has 1 aliphatic carbocycles. The highest BCUT2D eigenvalue weighted by atomic mass is 32.2. The summed E-state index contributed by atoms with van der Waals surface area (Å²) in [5, 5.41) is 14.2. The SMILES string of the molecule is CS(=O)(=O)c1cc(NCC2CCc3ccccc32)ccc1[N+](=O)[O-]. The Bertz CT molecular complexity index is 893. The molecule has 0 aliphatic heterocycles. The van der Waals surface area contributed by atoms with E-state index in [4.69, 9.17) is 0 Å². The maximum absolute atomic E-state index is 11.8. The number of nitrogens with one attached hydrogen (secondary N) is 1. The Kier molecular flexibility index (Phi) is 4.28. The van der Waals surface area contributed by atoms with Gasteiger partial charge in [0.05, 0.1) is 4.92 Å². The number of aryl methyl sites for hydroxylation is 1. The second-order valence-electron chi connectivity index (χ2n) is 6.03. The van der Waals surface area contributed by atoms with Gasteiger partial charge in [0.2, 0.25) is 0 Å². The van der Waals surface area contributed by atoms with Gasteiger partial charge in [-0.1, -0.05) is 24.3 Å². The molecule has 0 radical (unpaired) electrons. The fourth-order valence-electron chi connectivity index (χ4n) is 3.17. The van der Waals surface area contributed by atoms with Crippen LogP contribution >= 0.6 is 0 Å². The van der Waals surface area contributed by atoms with Crippen LogP contribution < -0.4 is 5.32 Å². The van der Waals surface area contributed by atoms with Crippen molar-refractivity contribution in [3.8, 4) is 0 Å². The van der Waals surface area contributed by atoms with Crippen LogP contribution in [0.15, 0.2) is 47.4 Å². The van der Waals surface area contributed by atoms with Gasteiger partial charge in [-0.25, -0.2) is 8.42 Å². The van der Waals surface area contributed by atoms with E-state index in [1.165, 1.54) is 23.3 Å². The lowest BCUT2D eigenvalue weighted by molar-refractivity contribution is -0.387. The lowest BCUT2D eigenvalue weighted by Gasteiger charge is -2.14. The molecule has 0 spiro atoms. The van der Waals surface area contributed by atoms with Crippen molar-refractivity contribution >= 4 is 21.2 Å². The molecule has 1 unspecified atom stereocenters. The minimum Gasteiger partial charge on any atom is -0.384 e. The Morgan fingerprint density at radius 2 is 2.00 bits per heavy atom. The van der Waals surface area contributed by atoms with Crippen LogP contribution in [0.2, 0.25) is 0 Å². The summed E-state index contributed by atoms with van der Waals surface area (Å²) in [6.45, 7) is 0.665. The number of sulfone groups is 1. The molecule has 0 saturated carbocycles. The normalized spacial score (nSPS) is 16.6. The molecule has 2 aromatic carbocycles. The van der Waals surface area contributed by atoms with E-state index in [0.717, 1.165) is 19.1 Å². The van der Waals surface area contributed by atoms with E-state index in [1.54, 1.807) is 6.07 Å². The van der Waals surface area contributed by atoms with Gasteiger partial charge in [0, 0.05) is 30.5 Å². The number of hydrogen-bond acceptors (Lipinski definition) is 5. The maximum Gasteiger partial charge on any atom is 0.288 e. The first-order chi connectivity index (χ1) is 11.4. The molecule has 126 valence electrons. The van der Waals surface area contributed by atoms with Crippen molar-refractivity contribution in [2.75, 3.05) is 18.1 Å². The van der Waals surface area contributed by atoms with E-state index < -0.39 is 20.4 Å². The number of benzene rings is 2. The Balaban J connectivity index is 1.81. The third-order valence-corrected chi connectivity index (χ3v) is 5.49. The standard InChI is InChI=1S/C17H18N2O4S/c1-24(22,23)17-10-14(8-9-16(17)19(20)21)18-11-13-7-6-12-4-2-3-5-15(12)13/h2-5,8-10,13,18H,6-7,11H2,1H3. The average molecular weight is 346 g/mol. The molecule has 7 heteroatoms. The molecule has 0 bridgehead atoms. The fraction of sp³-hybridized carbons (Fsp3) is 0.294. The summed E-state index contributed by atoms with van der Waals surface area (Å²) in [6.07, 6.45) is 3.06. The summed E-state index contributed by atoms with van der Waals surface area (Å²) in [5.41, 5.74) is 2.85. The molecular weight excluding hydrogens is 328 g/mol. The largest absolute Gasteiger partial charge is 0.384 e. The van der Waals surface area contributed by atoms with Crippen LogP contribution in [-0.4, -0.2) is 26.1 Å². The van der Waals surface area contributed by atoms with Gasteiger partial charge < -0.3 is 5.32 Å². The maximum atomic E-state index is 11.8. The number of nitro groups is 1. The van der Waals surface area contributed by atoms with Crippen LogP contribution in [-0.2, 0) is 16.3 Å². The fourth-order valence-corrected chi connectivity index (χ4v) is 4.03. The average Bonchev–Trinajstić information content (AvgIpc) is 2.95. The first kappa shape index (κ1) is 16.4. The highest BCUT2D eigenvalue weighted by Crippen LogP contribution is 2.33. The highest BCUT2D eigenvalue weighted by molar-refractivity contribution is 7.90. The van der Waals surface area contributed by atoms with Crippen LogP contribution in [0.25, 0.3) is 0 Å². The highest BCUT2D eigenvalue weighted by Gasteiger charge is 2.24. The van der Waals surface area contributed by atoms with Crippen molar-refractivity contribution in [3.05, 3.63) is 63.7 Å². The number of nitrogens with zero attached hydrogens (tertiary/aromatic N) is 1. The summed E-state index contributed by atoms with van der Waals surface area (Å²) in [7, 11) is -3.67. The quantitative estimate of drug-likeness (QED) is 0.663. The summed E-state index contributed by atoms with van der Waals surface area (Å²) in [5.74, 6) is 0.359. The Hall–Kier alpha value is -2.41. The summed E-state index contributed by atoms with van der Waals surface area (Å²) >= 11 is 0. The van der Waals surface area contributed by atoms with Crippen LogP contribution in [0.1, 0.15) is 23.5 Å². The zero-order chi connectivity index (χ0) is 17.3. The number of rotatable bonds is 5. The Labute approximate surface area is 140 Å². The van der Waals surface area contributed by atoms with Gasteiger partial charge >= 0.3 is 0 Å². The molecule has 0 saturated heterocycles. The second kappa shape index (κ2) is 6.24. The van der Waals surface area contributed by atoms with Gasteiger partial charge in [-0.05, 0) is 36.1 Å². The molecule has 1 atom stereocenters. The zero-order valence-electron chi connectivity index (χ0n) is 13.2. The Morgan fingerprint density at radius 3 is 2.71 bits per heavy atom. The van der Waals surface area contributed by atoms with E-state index >= 15 is 0 Å². The Morgan fingerprint density at radius 1 is 1.25 bits per heavy atom. The molecule has 0 amide bonds. The molecule has 0 aromatic heterocycles. The minimum atomic E-state index is -3.67. The van der Waals surface area contributed by atoms with E-state index in [2.05, 4.69) is 17.4 Å². The molecular formula is C17H18N2O4S. The van der Waals surface area contributed by atoms with Crippen molar-refractivity contribution < 1.29 is 13.3 Å². The summed E-state index contributed by atoms with van der Waals surface area (Å²) in [6, 6.07) is 12.4. The predicted octanol–water partition coefficient (Wildman–Crippen LogP) is 3.14. The second-order valence-corrected chi connectivity index (χ2v) is 8.01. The lowest BCUT2D eigenvalue weighted by atomic mass is 10.0. The van der Waals surface area contributed by atoms with E-state index in [1.807, 2.05) is 12.1 Å². The first-order valence-corrected chi connectivity index (χ1v) is 9.55. The van der Waals surface area contributed by atoms with Crippen molar-refractivity contribution in [2.24, 2.45) is 0 Å². The monoisotopic (exact) mass is 346 g/mol. The number of anilines is 1. The van der Waals surface area contributed by atoms with E-state index in [9.17, 15) is 18.5 Å². The molecule has 6 nitrogen and oxygen atoms in total. The van der Waals surface area contributed by atoms with Crippen molar-refractivity contribution in [1.82, 2.24) is 0 Å². The first-order valence-electron chi connectivity index (χ1n) is 7.66. The molecule has 1 aliphatic rings. The molecule has 2 aromatic rings.